The van der Waals surface area contributed by atoms with E-state index >= 15 is 0 Å². The Morgan fingerprint density at radius 2 is 1.86 bits per heavy atom. The third-order valence-electron chi connectivity index (χ3n) is 4.70. The highest BCUT2D eigenvalue weighted by molar-refractivity contribution is 5.84. The van der Waals surface area contributed by atoms with Gasteiger partial charge < -0.3 is 9.80 Å². The number of carbonyl (C=O) groups excluding carboxylic acids is 1. The first-order chi connectivity index (χ1) is 9.86. The van der Waals surface area contributed by atoms with Gasteiger partial charge >= 0.3 is 0 Å². The summed E-state index contributed by atoms with van der Waals surface area (Å²) < 4.78 is 0. The number of hydrogen-bond donors (Lipinski definition) is 1. The van der Waals surface area contributed by atoms with Crippen molar-refractivity contribution in [3.63, 3.8) is 0 Å². The summed E-state index contributed by atoms with van der Waals surface area (Å²) in [6, 6.07) is 0.0351. The molecule has 2 saturated heterocycles. The summed E-state index contributed by atoms with van der Waals surface area (Å²) in [6.45, 7) is 12.1. The molecule has 21 heavy (non-hydrogen) atoms. The van der Waals surface area contributed by atoms with Gasteiger partial charge in [-0.1, -0.05) is 27.7 Å². The van der Waals surface area contributed by atoms with E-state index in [-0.39, 0.29) is 12.2 Å². The van der Waals surface area contributed by atoms with Crippen molar-refractivity contribution in [3.8, 4) is 0 Å². The standard InChI is InChI=1S/C17H33N3O/c1-12(2)8-15-17(21)20(16(18-15)9-13(3)4)11-14-6-7-19(5)10-14/h12-16,18H,6-11H2,1-5H3. The van der Waals surface area contributed by atoms with Gasteiger partial charge in [0.1, 0.15) is 0 Å². The van der Waals surface area contributed by atoms with Crippen LogP contribution in [-0.2, 0) is 4.79 Å². The van der Waals surface area contributed by atoms with Crippen molar-refractivity contribution in [2.24, 2.45) is 17.8 Å². The fraction of sp³-hybridized carbons (Fsp3) is 0.941. The van der Waals surface area contributed by atoms with E-state index in [9.17, 15) is 4.79 Å². The van der Waals surface area contributed by atoms with Crippen molar-refractivity contribution < 1.29 is 4.79 Å². The van der Waals surface area contributed by atoms with Crippen LogP contribution in [0.25, 0.3) is 0 Å². The first-order valence-electron chi connectivity index (χ1n) is 8.61. The molecule has 0 aliphatic carbocycles. The quantitative estimate of drug-likeness (QED) is 0.815. The van der Waals surface area contributed by atoms with E-state index in [1.54, 1.807) is 0 Å². The van der Waals surface area contributed by atoms with Crippen molar-refractivity contribution in [2.75, 3.05) is 26.7 Å². The fourth-order valence-corrected chi connectivity index (χ4v) is 3.70. The van der Waals surface area contributed by atoms with Gasteiger partial charge in [-0.2, -0.15) is 0 Å². The second-order valence-corrected chi connectivity index (χ2v) is 7.90. The number of carbonyl (C=O) groups is 1. The fourth-order valence-electron chi connectivity index (χ4n) is 3.70. The second kappa shape index (κ2) is 7.10. The molecule has 0 bridgehead atoms. The van der Waals surface area contributed by atoms with Crippen LogP contribution >= 0.6 is 0 Å². The van der Waals surface area contributed by atoms with E-state index in [1.165, 1.54) is 13.0 Å². The van der Waals surface area contributed by atoms with E-state index in [2.05, 4.69) is 49.9 Å². The smallest absolute Gasteiger partial charge is 0.241 e. The van der Waals surface area contributed by atoms with E-state index in [4.69, 9.17) is 0 Å². The predicted octanol–water partition coefficient (Wildman–Crippen LogP) is 2.16. The third-order valence-corrected chi connectivity index (χ3v) is 4.70. The number of hydrogen-bond acceptors (Lipinski definition) is 3. The molecule has 1 amide bonds. The summed E-state index contributed by atoms with van der Waals surface area (Å²) in [5.41, 5.74) is 0. The lowest BCUT2D eigenvalue weighted by Crippen LogP contribution is -2.41. The molecule has 1 N–H and O–H groups in total. The summed E-state index contributed by atoms with van der Waals surface area (Å²) in [6.07, 6.45) is 3.48. The van der Waals surface area contributed by atoms with Crippen LogP contribution in [0.1, 0.15) is 47.0 Å². The van der Waals surface area contributed by atoms with Crippen LogP contribution in [-0.4, -0.2) is 54.6 Å². The molecule has 0 radical (unpaired) electrons. The molecule has 2 heterocycles. The highest BCUT2D eigenvalue weighted by Crippen LogP contribution is 2.25. The molecule has 0 saturated carbocycles. The molecule has 2 aliphatic rings. The molecule has 3 unspecified atom stereocenters. The predicted molar refractivity (Wildman–Crippen MR) is 86.9 cm³/mol. The Balaban J connectivity index is 2.00. The van der Waals surface area contributed by atoms with Gasteiger partial charge in [0.25, 0.3) is 0 Å². The maximum atomic E-state index is 12.8. The Morgan fingerprint density at radius 1 is 1.19 bits per heavy atom. The van der Waals surface area contributed by atoms with Crippen molar-refractivity contribution in [1.29, 1.82) is 0 Å². The SMILES string of the molecule is CC(C)CC1NC(CC(C)C)N(CC2CCN(C)C2)C1=O. The molecule has 0 aromatic rings. The second-order valence-electron chi connectivity index (χ2n) is 7.90. The molecule has 0 aromatic heterocycles. The minimum atomic E-state index is 0.0351. The van der Waals surface area contributed by atoms with Crippen LogP contribution in [0.2, 0.25) is 0 Å². The highest BCUT2D eigenvalue weighted by Gasteiger charge is 2.40. The molecule has 0 spiro atoms. The molecule has 0 aromatic carbocycles. The van der Waals surface area contributed by atoms with Crippen molar-refractivity contribution >= 4 is 5.91 Å². The zero-order valence-corrected chi connectivity index (χ0v) is 14.4. The van der Waals surface area contributed by atoms with E-state index in [0.717, 1.165) is 25.9 Å². The normalized spacial score (nSPS) is 31.1. The zero-order chi connectivity index (χ0) is 15.6. The van der Waals surface area contributed by atoms with Crippen molar-refractivity contribution in [3.05, 3.63) is 0 Å². The summed E-state index contributed by atoms with van der Waals surface area (Å²) in [5, 5.41) is 3.60. The molecule has 122 valence electrons. The lowest BCUT2D eigenvalue weighted by Gasteiger charge is -2.28. The molecule has 4 nitrogen and oxygen atoms in total. The zero-order valence-electron chi connectivity index (χ0n) is 14.4. The Kier molecular flexibility index (Phi) is 5.67. The number of nitrogens with one attached hydrogen (secondary N) is 1. The molecular formula is C17H33N3O. The first-order valence-corrected chi connectivity index (χ1v) is 8.61. The average Bonchev–Trinajstić information content (AvgIpc) is 2.88. The van der Waals surface area contributed by atoms with E-state index in [1.807, 2.05) is 0 Å². The Labute approximate surface area is 130 Å². The third kappa shape index (κ3) is 4.43. The first kappa shape index (κ1) is 16.8. The number of rotatable bonds is 6. The maximum absolute atomic E-state index is 12.8. The number of nitrogens with zero attached hydrogens (tertiary/aromatic N) is 2. The minimum Gasteiger partial charge on any atom is -0.325 e. The van der Waals surface area contributed by atoms with Gasteiger partial charge in [-0.25, -0.2) is 0 Å². The van der Waals surface area contributed by atoms with Crippen molar-refractivity contribution in [1.82, 2.24) is 15.1 Å². The lowest BCUT2D eigenvalue weighted by molar-refractivity contribution is -0.131. The Morgan fingerprint density at radius 3 is 2.38 bits per heavy atom. The Bertz CT molecular complexity index is 356. The monoisotopic (exact) mass is 295 g/mol. The van der Waals surface area contributed by atoms with Gasteiger partial charge in [0.2, 0.25) is 5.91 Å². The largest absolute Gasteiger partial charge is 0.325 e. The summed E-state index contributed by atoms with van der Waals surface area (Å²) in [5.74, 6) is 2.16. The van der Waals surface area contributed by atoms with Gasteiger partial charge in [0.05, 0.1) is 12.2 Å². The van der Waals surface area contributed by atoms with Gasteiger partial charge in [0, 0.05) is 13.1 Å². The summed E-state index contributed by atoms with van der Waals surface area (Å²) >= 11 is 0. The average molecular weight is 295 g/mol. The van der Waals surface area contributed by atoms with Gasteiger partial charge in [0.15, 0.2) is 0 Å². The highest BCUT2D eigenvalue weighted by atomic mass is 16.2. The molecule has 4 heteroatoms. The van der Waals surface area contributed by atoms with Crippen LogP contribution in [0.5, 0.6) is 0 Å². The molecule has 2 fully saturated rings. The van der Waals surface area contributed by atoms with Crippen LogP contribution < -0.4 is 5.32 Å². The van der Waals surface area contributed by atoms with Gasteiger partial charge in [-0.15, -0.1) is 0 Å². The van der Waals surface area contributed by atoms with E-state index in [0.29, 0.717) is 23.7 Å². The maximum Gasteiger partial charge on any atom is 0.241 e. The lowest BCUT2D eigenvalue weighted by atomic mass is 10.0. The van der Waals surface area contributed by atoms with Gasteiger partial charge in [-0.3, -0.25) is 10.1 Å². The Hall–Kier alpha value is -0.610. The molecular weight excluding hydrogens is 262 g/mol. The van der Waals surface area contributed by atoms with Crippen LogP contribution in [0, 0.1) is 17.8 Å². The van der Waals surface area contributed by atoms with Crippen LogP contribution in [0.3, 0.4) is 0 Å². The van der Waals surface area contributed by atoms with Crippen LogP contribution in [0.4, 0.5) is 0 Å². The minimum absolute atomic E-state index is 0.0351. The molecule has 2 aliphatic heterocycles. The molecule has 3 atom stereocenters. The summed E-state index contributed by atoms with van der Waals surface area (Å²) in [7, 11) is 2.18. The summed E-state index contributed by atoms with van der Waals surface area (Å²) in [4.78, 5) is 17.3. The van der Waals surface area contributed by atoms with Gasteiger partial charge in [-0.05, 0) is 50.6 Å². The van der Waals surface area contributed by atoms with Crippen LogP contribution in [0.15, 0.2) is 0 Å². The topological polar surface area (TPSA) is 35.6 Å². The molecule has 2 rings (SSSR count). The number of amides is 1. The number of likely N-dealkylation sites (tertiary alicyclic amines) is 1. The van der Waals surface area contributed by atoms with Crippen molar-refractivity contribution in [2.45, 2.75) is 59.2 Å². The van der Waals surface area contributed by atoms with E-state index < -0.39 is 0 Å².